The molecule has 1 aromatic carbocycles. The van der Waals surface area contributed by atoms with Gasteiger partial charge < -0.3 is 14.8 Å². The Kier molecular flexibility index (Phi) is 7.81. The number of hydrogen-bond donors (Lipinski definition) is 1. The first-order valence-electron chi connectivity index (χ1n) is 7.46. The summed E-state index contributed by atoms with van der Waals surface area (Å²) in [6.45, 7) is 8.99. The molecule has 0 aliphatic carbocycles. The van der Waals surface area contributed by atoms with Crippen LogP contribution >= 0.6 is 0 Å². The van der Waals surface area contributed by atoms with Crippen molar-refractivity contribution < 1.29 is 9.47 Å². The first-order chi connectivity index (χ1) is 9.74. The summed E-state index contributed by atoms with van der Waals surface area (Å²) in [5.41, 5.74) is 2.55. The predicted octanol–water partition coefficient (Wildman–Crippen LogP) is 3.89. The van der Waals surface area contributed by atoms with Crippen LogP contribution in [0.25, 0.3) is 6.08 Å². The van der Waals surface area contributed by atoms with E-state index in [2.05, 4.69) is 31.3 Å². The van der Waals surface area contributed by atoms with Crippen LogP contribution in [-0.2, 0) is 0 Å². The van der Waals surface area contributed by atoms with Gasteiger partial charge in [0.15, 0.2) is 11.5 Å². The lowest BCUT2D eigenvalue weighted by atomic mass is 10.1. The maximum absolute atomic E-state index is 5.54. The number of methoxy groups -OCH3 is 1. The van der Waals surface area contributed by atoms with E-state index in [0.717, 1.165) is 43.0 Å². The van der Waals surface area contributed by atoms with Gasteiger partial charge in [-0.25, -0.2) is 0 Å². The first-order valence-corrected chi connectivity index (χ1v) is 7.46. The molecular formula is C17H27NO2. The van der Waals surface area contributed by atoms with Gasteiger partial charge in [0, 0.05) is 6.54 Å². The summed E-state index contributed by atoms with van der Waals surface area (Å²) in [4.78, 5) is 0. The van der Waals surface area contributed by atoms with Crippen molar-refractivity contribution in [2.24, 2.45) is 0 Å². The van der Waals surface area contributed by atoms with Gasteiger partial charge >= 0.3 is 0 Å². The lowest BCUT2D eigenvalue weighted by molar-refractivity contribution is 0.311. The fourth-order valence-corrected chi connectivity index (χ4v) is 1.99. The third kappa shape index (κ3) is 5.25. The Hall–Kier alpha value is -1.48. The van der Waals surface area contributed by atoms with Crippen LogP contribution in [0.2, 0.25) is 0 Å². The van der Waals surface area contributed by atoms with Crippen LogP contribution in [-0.4, -0.2) is 26.8 Å². The van der Waals surface area contributed by atoms with Crippen molar-refractivity contribution in [3.63, 3.8) is 0 Å². The van der Waals surface area contributed by atoms with E-state index < -0.39 is 0 Å². The summed E-state index contributed by atoms with van der Waals surface area (Å²) in [6, 6.07) is 6.07. The molecule has 1 rings (SSSR count). The minimum Gasteiger partial charge on any atom is -0.493 e. The minimum atomic E-state index is 0.646. The van der Waals surface area contributed by atoms with Crippen molar-refractivity contribution in [1.82, 2.24) is 5.32 Å². The van der Waals surface area contributed by atoms with Gasteiger partial charge in [-0.05, 0) is 44.0 Å². The highest BCUT2D eigenvalue weighted by atomic mass is 16.5. The second-order valence-electron chi connectivity index (χ2n) is 4.68. The highest BCUT2D eigenvalue weighted by Gasteiger charge is 2.04. The zero-order valence-electron chi connectivity index (χ0n) is 13.2. The predicted molar refractivity (Wildman–Crippen MR) is 85.6 cm³/mol. The summed E-state index contributed by atoms with van der Waals surface area (Å²) in [5.74, 6) is 1.59. The van der Waals surface area contributed by atoms with Crippen LogP contribution in [0.1, 0.15) is 39.2 Å². The molecule has 1 aromatic rings. The van der Waals surface area contributed by atoms with Gasteiger partial charge in [0.25, 0.3) is 0 Å². The van der Waals surface area contributed by atoms with Gasteiger partial charge in [0.1, 0.15) is 0 Å². The molecule has 0 radical (unpaired) electrons. The Morgan fingerprint density at radius 2 is 2.00 bits per heavy atom. The third-order valence-corrected chi connectivity index (χ3v) is 3.09. The fourth-order valence-electron chi connectivity index (χ4n) is 1.99. The molecule has 0 amide bonds. The lowest BCUT2D eigenvalue weighted by Crippen LogP contribution is -2.17. The third-order valence-electron chi connectivity index (χ3n) is 3.09. The SMILES string of the molecule is CCCNCC(=Cc1ccc(OCC)c(OC)c1)CC. The monoisotopic (exact) mass is 277 g/mol. The van der Waals surface area contributed by atoms with E-state index in [1.807, 2.05) is 19.1 Å². The standard InChI is InChI=1S/C17H27NO2/c1-5-10-18-13-14(6-2)11-15-8-9-16(20-7-3)17(12-15)19-4/h8-9,11-12,18H,5-7,10,13H2,1-4H3. The molecule has 20 heavy (non-hydrogen) atoms. The lowest BCUT2D eigenvalue weighted by Gasteiger charge is -2.11. The molecule has 0 fully saturated rings. The van der Waals surface area contributed by atoms with Crippen molar-refractivity contribution in [3.05, 3.63) is 29.3 Å². The van der Waals surface area contributed by atoms with Gasteiger partial charge in [0.2, 0.25) is 0 Å². The van der Waals surface area contributed by atoms with Gasteiger partial charge in [-0.2, -0.15) is 0 Å². The summed E-state index contributed by atoms with van der Waals surface area (Å²) < 4.78 is 10.9. The number of ether oxygens (including phenoxy) is 2. The van der Waals surface area contributed by atoms with E-state index in [1.165, 1.54) is 5.57 Å². The minimum absolute atomic E-state index is 0.646. The average Bonchev–Trinajstić information content (AvgIpc) is 2.48. The Labute approximate surface area is 123 Å². The molecule has 0 aliphatic rings. The zero-order valence-corrected chi connectivity index (χ0v) is 13.2. The molecule has 0 saturated heterocycles. The number of nitrogens with one attached hydrogen (secondary N) is 1. The van der Waals surface area contributed by atoms with Crippen molar-refractivity contribution in [1.29, 1.82) is 0 Å². The Morgan fingerprint density at radius 1 is 1.20 bits per heavy atom. The van der Waals surface area contributed by atoms with E-state index in [0.29, 0.717) is 6.61 Å². The van der Waals surface area contributed by atoms with E-state index in [9.17, 15) is 0 Å². The molecular weight excluding hydrogens is 250 g/mol. The van der Waals surface area contributed by atoms with Crippen LogP contribution in [0.15, 0.2) is 23.8 Å². The maximum atomic E-state index is 5.54. The quantitative estimate of drug-likeness (QED) is 0.695. The van der Waals surface area contributed by atoms with Crippen molar-refractivity contribution in [2.45, 2.75) is 33.6 Å². The largest absolute Gasteiger partial charge is 0.493 e. The van der Waals surface area contributed by atoms with Crippen LogP contribution in [0.4, 0.5) is 0 Å². The van der Waals surface area contributed by atoms with Crippen LogP contribution in [0.5, 0.6) is 11.5 Å². The van der Waals surface area contributed by atoms with Gasteiger partial charge in [-0.15, -0.1) is 0 Å². The topological polar surface area (TPSA) is 30.5 Å². The van der Waals surface area contributed by atoms with Gasteiger partial charge in [-0.1, -0.05) is 31.6 Å². The smallest absolute Gasteiger partial charge is 0.161 e. The van der Waals surface area contributed by atoms with E-state index in [1.54, 1.807) is 7.11 Å². The number of benzene rings is 1. The molecule has 0 saturated carbocycles. The van der Waals surface area contributed by atoms with Crippen LogP contribution < -0.4 is 14.8 Å². The second-order valence-corrected chi connectivity index (χ2v) is 4.68. The molecule has 0 atom stereocenters. The van der Waals surface area contributed by atoms with E-state index in [4.69, 9.17) is 9.47 Å². The Balaban J connectivity index is 2.83. The Bertz CT molecular complexity index is 427. The van der Waals surface area contributed by atoms with Crippen molar-refractivity contribution >= 4 is 6.08 Å². The van der Waals surface area contributed by atoms with Crippen LogP contribution in [0, 0.1) is 0 Å². The van der Waals surface area contributed by atoms with E-state index in [-0.39, 0.29) is 0 Å². The number of hydrogen-bond acceptors (Lipinski definition) is 3. The van der Waals surface area contributed by atoms with Crippen molar-refractivity contribution in [2.75, 3.05) is 26.8 Å². The van der Waals surface area contributed by atoms with Gasteiger partial charge in [0.05, 0.1) is 13.7 Å². The highest BCUT2D eigenvalue weighted by Crippen LogP contribution is 2.29. The molecule has 0 aliphatic heterocycles. The average molecular weight is 277 g/mol. The normalized spacial score (nSPS) is 11.5. The molecule has 0 spiro atoms. The second kappa shape index (κ2) is 9.43. The first kappa shape index (κ1) is 16.6. The van der Waals surface area contributed by atoms with Gasteiger partial charge in [-0.3, -0.25) is 0 Å². The summed E-state index contributed by atoms with van der Waals surface area (Å²) in [5, 5.41) is 3.44. The zero-order chi connectivity index (χ0) is 14.8. The summed E-state index contributed by atoms with van der Waals surface area (Å²) >= 11 is 0. The Morgan fingerprint density at radius 3 is 2.60 bits per heavy atom. The molecule has 3 nitrogen and oxygen atoms in total. The number of rotatable bonds is 9. The molecule has 112 valence electrons. The van der Waals surface area contributed by atoms with Crippen LogP contribution in [0.3, 0.4) is 0 Å². The molecule has 0 bridgehead atoms. The molecule has 1 N–H and O–H groups in total. The summed E-state index contributed by atoms with van der Waals surface area (Å²) in [6.07, 6.45) is 4.43. The summed E-state index contributed by atoms with van der Waals surface area (Å²) in [7, 11) is 1.68. The molecule has 0 heterocycles. The fraction of sp³-hybridized carbons (Fsp3) is 0.529. The highest BCUT2D eigenvalue weighted by molar-refractivity contribution is 5.58. The van der Waals surface area contributed by atoms with E-state index >= 15 is 0 Å². The molecule has 3 heteroatoms. The molecule has 0 unspecified atom stereocenters. The molecule has 0 aromatic heterocycles. The van der Waals surface area contributed by atoms with Crippen molar-refractivity contribution in [3.8, 4) is 11.5 Å². The maximum Gasteiger partial charge on any atom is 0.161 e.